The lowest BCUT2D eigenvalue weighted by Crippen LogP contribution is -2.51. The second-order valence-electron chi connectivity index (χ2n) is 4.86. The summed E-state index contributed by atoms with van der Waals surface area (Å²) in [6.45, 7) is 5.08. The van der Waals surface area contributed by atoms with Gasteiger partial charge in [-0.3, -0.25) is 0 Å². The Morgan fingerprint density at radius 3 is 2.53 bits per heavy atom. The van der Waals surface area contributed by atoms with Crippen molar-refractivity contribution in [3.05, 3.63) is 0 Å². The van der Waals surface area contributed by atoms with Crippen molar-refractivity contribution >= 4 is 6.03 Å². The highest BCUT2D eigenvalue weighted by molar-refractivity contribution is 5.74. The SMILES string of the molecule is CCCCNC(=O)NC1(C)CCCCC1. The molecule has 0 radical (unpaired) electrons. The van der Waals surface area contributed by atoms with Gasteiger partial charge in [0, 0.05) is 12.1 Å². The second kappa shape index (κ2) is 5.99. The zero-order valence-electron chi connectivity index (χ0n) is 10.1. The highest BCUT2D eigenvalue weighted by Gasteiger charge is 2.27. The summed E-state index contributed by atoms with van der Waals surface area (Å²) in [7, 11) is 0. The summed E-state index contributed by atoms with van der Waals surface area (Å²) in [5.41, 5.74) is 0.0363. The van der Waals surface area contributed by atoms with Gasteiger partial charge in [-0.2, -0.15) is 0 Å². The lowest BCUT2D eigenvalue weighted by atomic mass is 9.83. The topological polar surface area (TPSA) is 41.1 Å². The quantitative estimate of drug-likeness (QED) is 0.691. The molecule has 1 fully saturated rings. The Kier molecular flexibility index (Phi) is 4.92. The van der Waals surface area contributed by atoms with Gasteiger partial charge >= 0.3 is 6.03 Å². The van der Waals surface area contributed by atoms with Crippen LogP contribution in [-0.4, -0.2) is 18.1 Å². The van der Waals surface area contributed by atoms with Gasteiger partial charge in [0.2, 0.25) is 0 Å². The number of carbonyl (C=O) groups excluding carboxylic acids is 1. The summed E-state index contributed by atoms with van der Waals surface area (Å²) >= 11 is 0. The van der Waals surface area contributed by atoms with Crippen LogP contribution in [0.3, 0.4) is 0 Å². The fraction of sp³-hybridized carbons (Fsp3) is 0.917. The van der Waals surface area contributed by atoms with Crippen molar-refractivity contribution in [3.63, 3.8) is 0 Å². The Labute approximate surface area is 93.0 Å². The molecule has 1 aliphatic rings. The van der Waals surface area contributed by atoms with Crippen LogP contribution in [0.2, 0.25) is 0 Å². The first-order valence-electron chi connectivity index (χ1n) is 6.22. The summed E-state index contributed by atoms with van der Waals surface area (Å²) in [4.78, 5) is 11.6. The van der Waals surface area contributed by atoms with Crippen LogP contribution < -0.4 is 10.6 Å². The maximum atomic E-state index is 11.6. The lowest BCUT2D eigenvalue weighted by Gasteiger charge is -2.34. The normalized spacial score (nSPS) is 19.6. The average Bonchev–Trinajstić information content (AvgIpc) is 2.18. The molecule has 0 heterocycles. The minimum absolute atomic E-state index is 0.00727. The number of nitrogens with one attached hydrogen (secondary N) is 2. The zero-order chi connectivity index (χ0) is 11.1. The van der Waals surface area contributed by atoms with Crippen molar-refractivity contribution in [2.24, 2.45) is 0 Å². The smallest absolute Gasteiger partial charge is 0.315 e. The Hall–Kier alpha value is -0.730. The standard InChI is InChI=1S/C12H24N2O/c1-3-4-10-13-11(15)14-12(2)8-6-5-7-9-12/h3-10H2,1-2H3,(H2,13,14,15). The van der Waals surface area contributed by atoms with Gasteiger partial charge < -0.3 is 10.6 Å². The molecule has 0 aromatic carbocycles. The first-order valence-corrected chi connectivity index (χ1v) is 6.22. The Balaban J connectivity index is 2.23. The lowest BCUT2D eigenvalue weighted by molar-refractivity contribution is 0.211. The van der Waals surface area contributed by atoms with Gasteiger partial charge in [0.05, 0.1) is 0 Å². The van der Waals surface area contributed by atoms with E-state index < -0.39 is 0 Å². The summed E-state index contributed by atoms with van der Waals surface area (Å²) in [6.07, 6.45) is 8.22. The molecular weight excluding hydrogens is 188 g/mol. The Morgan fingerprint density at radius 1 is 1.27 bits per heavy atom. The van der Waals surface area contributed by atoms with Gasteiger partial charge in [-0.05, 0) is 26.2 Å². The maximum absolute atomic E-state index is 11.6. The molecule has 0 aliphatic heterocycles. The average molecular weight is 212 g/mol. The molecule has 1 saturated carbocycles. The molecule has 0 aromatic rings. The number of hydrogen-bond acceptors (Lipinski definition) is 1. The number of unbranched alkanes of at least 4 members (excludes halogenated alkanes) is 1. The van der Waals surface area contributed by atoms with Crippen LogP contribution in [-0.2, 0) is 0 Å². The summed E-state index contributed by atoms with van der Waals surface area (Å²) in [5, 5.41) is 6.01. The molecule has 3 nitrogen and oxygen atoms in total. The molecule has 0 aromatic heterocycles. The van der Waals surface area contributed by atoms with Crippen LogP contribution in [0.1, 0.15) is 58.8 Å². The van der Waals surface area contributed by atoms with Crippen molar-refractivity contribution in [1.29, 1.82) is 0 Å². The molecule has 0 spiro atoms. The van der Waals surface area contributed by atoms with Gasteiger partial charge in [0.25, 0.3) is 0 Å². The van der Waals surface area contributed by atoms with E-state index in [0.717, 1.165) is 32.2 Å². The van der Waals surface area contributed by atoms with Crippen LogP contribution >= 0.6 is 0 Å². The molecular formula is C12H24N2O. The highest BCUT2D eigenvalue weighted by Crippen LogP contribution is 2.27. The van der Waals surface area contributed by atoms with Crippen LogP contribution in [0.4, 0.5) is 4.79 Å². The summed E-state index contributed by atoms with van der Waals surface area (Å²) in [5.74, 6) is 0. The summed E-state index contributed by atoms with van der Waals surface area (Å²) < 4.78 is 0. The molecule has 2 N–H and O–H groups in total. The second-order valence-corrected chi connectivity index (χ2v) is 4.86. The van der Waals surface area contributed by atoms with Crippen LogP contribution in [0.5, 0.6) is 0 Å². The minimum atomic E-state index is 0.00727. The third-order valence-corrected chi connectivity index (χ3v) is 3.19. The molecule has 1 aliphatic carbocycles. The van der Waals surface area contributed by atoms with Gasteiger partial charge in [0.1, 0.15) is 0 Å². The van der Waals surface area contributed by atoms with Crippen LogP contribution in [0, 0.1) is 0 Å². The predicted molar refractivity (Wildman–Crippen MR) is 62.9 cm³/mol. The monoisotopic (exact) mass is 212 g/mol. The van der Waals surface area contributed by atoms with E-state index in [-0.39, 0.29) is 11.6 Å². The summed E-state index contributed by atoms with van der Waals surface area (Å²) in [6, 6.07) is 0.00727. The van der Waals surface area contributed by atoms with Crippen molar-refractivity contribution in [1.82, 2.24) is 10.6 Å². The largest absolute Gasteiger partial charge is 0.338 e. The molecule has 0 atom stereocenters. The van der Waals surface area contributed by atoms with Crippen molar-refractivity contribution in [3.8, 4) is 0 Å². The number of rotatable bonds is 4. The third-order valence-electron chi connectivity index (χ3n) is 3.19. The molecule has 15 heavy (non-hydrogen) atoms. The van der Waals surface area contributed by atoms with Gasteiger partial charge in [-0.25, -0.2) is 4.79 Å². The molecule has 3 heteroatoms. The fourth-order valence-electron chi connectivity index (χ4n) is 2.15. The van der Waals surface area contributed by atoms with E-state index in [1.54, 1.807) is 0 Å². The van der Waals surface area contributed by atoms with Crippen molar-refractivity contribution in [2.45, 2.75) is 64.3 Å². The van der Waals surface area contributed by atoms with E-state index in [1.165, 1.54) is 19.3 Å². The first-order chi connectivity index (χ1) is 7.16. The fourth-order valence-corrected chi connectivity index (χ4v) is 2.15. The van der Waals surface area contributed by atoms with Gasteiger partial charge in [0.15, 0.2) is 0 Å². The number of amides is 2. The molecule has 0 unspecified atom stereocenters. The van der Waals surface area contributed by atoms with E-state index in [0.29, 0.717) is 0 Å². The van der Waals surface area contributed by atoms with Crippen LogP contribution in [0.15, 0.2) is 0 Å². The first kappa shape index (κ1) is 12.3. The highest BCUT2D eigenvalue weighted by atomic mass is 16.2. The Bertz CT molecular complexity index is 198. The molecule has 2 amide bonds. The minimum Gasteiger partial charge on any atom is -0.338 e. The van der Waals surface area contributed by atoms with E-state index in [2.05, 4.69) is 24.5 Å². The van der Waals surface area contributed by atoms with Crippen LogP contribution in [0.25, 0.3) is 0 Å². The van der Waals surface area contributed by atoms with E-state index in [4.69, 9.17) is 0 Å². The molecule has 88 valence electrons. The predicted octanol–water partition coefficient (Wildman–Crippen LogP) is 2.81. The third kappa shape index (κ3) is 4.54. The molecule has 0 saturated heterocycles. The van der Waals surface area contributed by atoms with E-state index in [9.17, 15) is 4.79 Å². The number of urea groups is 1. The van der Waals surface area contributed by atoms with Gasteiger partial charge in [-0.15, -0.1) is 0 Å². The number of carbonyl (C=O) groups is 1. The van der Waals surface area contributed by atoms with E-state index >= 15 is 0 Å². The molecule has 0 bridgehead atoms. The zero-order valence-corrected chi connectivity index (χ0v) is 10.1. The van der Waals surface area contributed by atoms with Crippen molar-refractivity contribution in [2.75, 3.05) is 6.54 Å². The van der Waals surface area contributed by atoms with Gasteiger partial charge in [-0.1, -0.05) is 32.6 Å². The van der Waals surface area contributed by atoms with Crippen molar-refractivity contribution < 1.29 is 4.79 Å². The molecule has 1 rings (SSSR count). The maximum Gasteiger partial charge on any atom is 0.315 e. The van der Waals surface area contributed by atoms with E-state index in [1.807, 2.05) is 0 Å². The Morgan fingerprint density at radius 2 is 1.93 bits per heavy atom. The number of hydrogen-bond donors (Lipinski definition) is 2.